The number of hydrogen-bond acceptors (Lipinski definition) is 4. The van der Waals surface area contributed by atoms with Crippen LogP contribution < -0.4 is 10.6 Å². The molecule has 2 aromatic carbocycles. The number of nitrogens with zero attached hydrogens (tertiary/aromatic N) is 1. The molecule has 0 aliphatic rings. The zero-order valence-corrected chi connectivity index (χ0v) is 17.4. The van der Waals surface area contributed by atoms with Gasteiger partial charge in [0, 0.05) is 18.8 Å². The highest BCUT2D eigenvalue weighted by atomic mass is 32.2. The fraction of sp³-hybridized carbons (Fsp3) is 0.350. The molecule has 0 aromatic heterocycles. The number of benzene rings is 2. The Hall–Kier alpha value is -2.45. The van der Waals surface area contributed by atoms with E-state index in [2.05, 4.69) is 10.6 Å². The van der Waals surface area contributed by atoms with E-state index in [0.29, 0.717) is 24.3 Å². The average Bonchev–Trinajstić information content (AvgIpc) is 2.63. The highest BCUT2D eigenvalue weighted by Crippen LogP contribution is 2.23. The maximum Gasteiger partial charge on any atom is 0.243 e. The van der Waals surface area contributed by atoms with Crippen LogP contribution in [0.1, 0.15) is 25.0 Å². The quantitative estimate of drug-likeness (QED) is 0.702. The lowest BCUT2D eigenvalue weighted by Crippen LogP contribution is -2.31. The smallest absolute Gasteiger partial charge is 0.243 e. The molecule has 152 valence electrons. The van der Waals surface area contributed by atoms with Gasteiger partial charge >= 0.3 is 0 Å². The maximum atomic E-state index is 13.8. The summed E-state index contributed by atoms with van der Waals surface area (Å²) in [5.41, 5.74) is 1.99. The number of aryl methyl sites for hydroxylation is 2. The molecule has 0 aliphatic heterocycles. The van der Waals surface area contributed by atoms with E-state index in [4.69, 9.17) is 0 Å². The Morgan fingerprint density at radius 3 is 2.36 bits per heavy atom. The first-order valence-electron chi connectivity index (χ1n) is 9.09. The van der Waals surface area contributed by atoms with Gasteiger partial charge in [0.2, 0.25) is 15.9 Å². The lowest BCUT2D eigenvalue weighted by molar-refractivity contribution is -0.114. The molecule has 1 amide bonds. The fourth-order valence-electron chi connectivity index (χ4n) is 2.80. The minimum atomic E-state index is -3.64. The van der Waals surface area contributed by atoms with Crippen LogP contribution in [-0.2, 0) is 14.8 Å². The minimum Gasteiger partial charge on any atom is -0.374 e. The first-order valence-corrected chi connectivity index (χ1v) is 10.5. The van der Waals surface area contributed by atoms with Crippen molar-refractivity contribution in [2.45, 2.75) is 32.6 Å². The summed E-state index contributed by atoms with van der Waals surface area (Å²) in [5.74, 6) is -0.842. The van der Waals surface area contributed by atoms with Crippen molar-refractivity contribution in [1.82, 2.24) is 4.31 Å². The molecule has 2 aromatic rings. The Labute approximate surface area is 165 Å². The summed E-state index contributed by atoms with van der Waals surface area (Å²) in [7, 11) is -3.64. The lowest BCUT2D eigenvalue weighted by Gasteiger charge is -2.20. The van der Waals surface area contributed by atoms with Crippen LogP contribution in [-0.4, -0.2) is 38.3 Å². The monoisotopic (exact) mass is 407 g/mol. The van der Waals surface area contributed by atoms with Gasteiger partial charge in [-0.25, -0.2) is 12.8 Å². The third-order valence-electron chi connectivity index (χ3n) is 4.36. The van der Waals surface area contributed by atoms with Gasteiger partial charge in [0.15, 0.2) is 0 Å². The molecule has 0 bridgehead atoms. The number of hydrogen-bond donors (Lipinski definition) is 2. The summed E-state index contributed by atoms with van der Waals surface area (Å²) in [4.78, 5) is 12.4. The topological polar surface area (TPSA) is 78.5 Å². The second-order valence-corrected chi connectivity index (χ2v) is 8.36. The van der Waals surface area contributed by atoms with E-state index in [0.717, 1.165) is 5.56 Å². The molecule has 6 nitrogen and oxygen atoms in total. The van der Waals surface area contributed by atoms with Crippen LogP contribution in [0, 0.1) is 19.7 Å². The van der Waals surface area contributed by atoms with Gasteiger partial charge in [0.25, 0.3) is 0 Å². The summed E-state index contributed by atoms with van der Waals surface area (Å²) in [6, 6.07) is 9.43. The number of carbonyl (C=O) groups excluding carboxylic acids is 1. The first-order chi connectivity index (χ1) is 13.2. The summed E-state index contributed by atoms with van der Waals surface area (Å²) in [6.07, 6.45) is 0. The third-order valence-corrected chi connectivity index (χ3v) is 6.55. The van der Waals surface area contributed by atoms with Crippen LogP contribution in [0.4, 0.5) is 15.8 Å². The van der Waals surface area contributed by atoms with Gasteiger partial charge in [0.1, 0.15) is 5.82 Å². The van der Waals surface area contributed by atoms with E-state index in [1.54, 1.807) is 52.0 Å². The molecule has 0 aliphatic carbocycles. The van der Waals surface area contributed by atoms with Crippen LogP contribution in [0.5, 0.6) is 0 Å². The Morgan fingerprint density at radius 1 is 1.07 bits per heavy atom. The van der Waals surface area contributed by atoms with Gasteiger partial charge in [-0.1, -0.05) is 26.0 Å². The largest absolute Gasteiger partial charge is 0.374 e. The highest BCUT2D eigenvalue weighted by Gasteiger charge is 2.24. The van der Waals surface area contributed by atoms with Crippen LogP contribution in [0.15, 0.2) is 41.3 Å². The molecule has 0 heterocycles. The van der Waals surface area contributed by atoms with Gasteiger partial charge in [-0.05, 0) is 49.2 Å². The van der Waals surface area contributed by atoms with Crippen molar-refractivity contribution >= 4 is 27.3 Å². The van der Waals surface area contributed by atoms with E-state index in [9.17, 15) is 17.6 Å². The number of halogens is 1. The normalized spacial score (nSPS) is 11.5. The molecule has 0 saturated heterocycles. The standard InChI is InChI=1S/C20H26FN3O3S/c1-5-24(6-2)28(26,27)19-12-16(9-8-15(19)4)23-20(25)13-22-18-10-7-14(3)11-17(18)21/h7-12,22H,5-6,13H2,1-4H3,(H,23,25). The van der Waals surface area contributed by atoms with Crippen molar-refractivity contribution in [2.75, 3.05) is 30.3 Å². The second kappa shape index (κ2) is 9.16. The molecule has 8 heteroatoms. The predicted octanol–water partition coefficient (Wildman–Crippen LogP) is 3.52. The van der Waals surface area contributed by atoms with Gasteiger partial charge < -0.3 is 10.6 Å². The molecule has 28 heavy (non-hydrogen) atoms. The molecule has 0 atom stereocenters. The number of sulfonamides is 1. The average molecular weight is 408 g/mol. The zero-order valence-electron chi connectivity index (χ0n) is 16.5. The Balaban J connectivity index is 2.13. The molecule has 0 radical (unpaired) electrons. The zero-order chi connectivity index (χ0) is 20.9. The van der Waals surface area contributed by atoms with E-state index in [1.165, 1.54) is 16.4 Å². The summed E-state index contributed by atoms with van der Waals surface area (Å²) >= 11 is 0. The van der Waals surface area contributed by atoms with Crippen molar-refractivity contribution in [1.29, 1.82) is 0 Å². The third kappa shape index (κ3) is 5.08. The van der Waals surface area contributed by atoms with E-state index in [1.807, 2.05) is 0 Å². The van der Waals surface area contributed by atoms with Crippen molar-refractivity contribution in [2.24, 2.45) is 0 Å². The van der Waals surface area contributed by atoms with Gasteiger partial charge in [-0.2, -0.15) is 4.31 Å². The first kappa shape index (κ1) is 21.8. The summed E-state index contributed by atoms with van der Waals surface area (Å²) in [6.45, 7) is 7.62. The lowest BCUT2D eigenvalue weighted by atomic mass is 10.2. The van der Waals surface area contributed by atoms with Crippen LogP contribution in [0.2, 0.25) is 0 Å². The Kier molecular flexibility index (Phi) is 7.15. The van der Waals surface area contributed by atoms with Crippen LogP contribution in [0.25, 0.3) is 0 Å². The Bertz CT molecular complexity index is 957. The number of amides is 1. The van der Waals surface area contributed by atoms with Crippen molar-refractivity contribution in [3.8, 4) is 0 Å². The predicted molar refractivity (Wildman–Crippen MR) is 110 cm³/mol. The maximum absolute atomic E-state index is 13.8. The number of nitrogens with one attached hydrogen (secondary N) is 2. The molecule has 2 rings (SSSR count). The van der Waals surface area contributed by atoms with Crippen LogP contribution in [0.3, 0.4) is 0 Å². The van der Waals surface area contributed by atoms with Gasteiger partial charge in [0.05, 0.1) is 17.1 Å². The molecule has 2 N–H and O–H groups in total. The molecule has 0 saturated carbocycles. The van der Waals surface area contributed by atoms with Crippen molar-refractivity contribution in [3.05, 3.63) is 53.3 Å². The molecular weight excluding hydrogens is 381 g/mol. The summed E-state index contributed by atoms with van der Waals surface area (Å²) < 4.78 is 40.8. The Morgan fingerprint density at radius 2 is 1.75 bits per heavy atom. The molecule has 0 fully saturated rings. The number of carbonyl (C=O) groups is 1. The van der Waals surface area contributed by atoms with E-state index < -0.39 is 21.7 Å². The summed E-state index contributed by atoms with van der Waals surface area (Å²) in [5, 5.41) is 5.39. The highest BCUT2D eigenvalue weighted by molar-refractivity contribution is 7.89. The molecule has 0 unspecified atom stereocenters. The second-order valence-electron chi connectivity index (χ2n) is 6.45. The van der Waals surface area contributed by atoms with Gasteiger partial charge in [-0.15, -0.1) is 0 Å². The van der Waals surface area contributed by atoms with Crippen molar-refractivity contribution in [3.63, 3.8) is 0 Å². The molecular formula is C20H26FN3O3S. The van der Waals surface area contributed by atoms with E-state index >= 15 is 0 Å². The number of anilines is 2. The SMILES string of the molecule is CCN(CC)S(=O)(=O)c1cc(NC(=O)CNc2ccc(C)cc2F)ccc1C. The molecule has 0 spiro atoms. The van der Waals surface area contributed by atoms with Crippen molar-refractivity contribution < 1.29 is 17.6 Å². The fourth-order valence-corrected chi connectivity index (χ4v) is 4.51. The number of rotatable bonds is 8. The minimum absolute atomic E-state index is 0.147. The van der Waals surface area contributed by atoms with Gasteiger partial charge in [-0.3, -0.25) is 4.79 Å². The van der Waals surface area contributed by atoms with E-state index in [-0.39, 0.29) is 17.1 Å². The van der Waals surface area contributed by atoms with Crippen LogP contribution >= 0.6 is 0 Å².